The van der Waals surface area contributed by atoms with Crippen LogP contribution >= 0.6 is 11.3 Å². The number of thiazole rings is 1. The number of aromatic nitrogens is 1. The molecule has 2 unspecified atom stereocenters. The van der Waals surface area contributed by atoms with Crippen LogP contribution in [0.2, 0.25) is 0 Å². The van der Waals surface area contributed by atoms with Crippen LogP contribution in [0.25, 0.3) is 10.2 Å². The summed E-state index contributed by atoms with van der Waals surface area (Å²) in [6.45, 7) is 5.48. The van der Waals surface area contributed by atoms with Crippen molar-refractivity contribution in [2.45, 2.75) is 32.2 Å². The summed E-state index contributed by atoms with van der Waals surface area (Å²) in [5.74, 6) is 0.390. The summed E-state index contributed by atoms with van der Waals surface area (Å²) in [4.78, 5) is 4.69. The normalized spacial score (nSPS) is 14.8. The van der Waals surface area contributed by atoms with Crippen LogP contribution in [0.4, 0.5) is 0 Å². The molecular formula is C14H20N2OS. The van der Waals surface area contributed by atoms with Gasteiger partial charge in [-0.25, -0.2) is 4.98 Å². The van der Waals surface area contributed by atoms with E-state index in [0.717, 1.165) is 18.5 Å². The molecule has 1 aromatic heterocycles. The molecule has 2 rings (SSSR count). The van der Waals surface area contributed by atoms with E-state index in [2.05, 4.69) is 37.4 Å². The maximum Gasteiger partial charge on any atom is 0.0982 e. The summed E-state index contributed by atoms with van der Waals surface area (Å²) >= 11 is 1.77. The summed E-state index contributed by atoms with van der Waals surface area (Å²) in [5, 5.41) is 13.4. The monoisotopic (exact) mass is 264 g/mol. The summed E-state index contributed by atoms with van der Waals surface area (Å²) in [6, 6.07) is 8.63. The molecule has 3 nitrogen and oxygen atoms in total. The van der Waals surface area contributed by atoms with Gasteiger partial charge in [0.05, 0.1) is 15.2 Å². The minimum absolute atomic E-state index is 0.245. The van der Waals surface area contributed by atoms with Gasteiger partial charge in [0.25, 0.3) is 0 Å². The fourth-order valence-electron chi connectivity index (χ4n) is 1.88. The molecule has 98 valence electrons. The number of aliphatic hydroxyl groups excluding tert-OH is 1. The SMILES string of the molecule is CC(NCCCO)C(C)c1nc2ccccc2s1. The van der Waals surface area contributed by atoms with Gasteiger partial charge in [-0.2, -0.15) is 0 Å². The number of aliphatic hydroxyl groups is 1. The molecular weight excluding hydrogens is 244 g/mol. The van der Waals surface area contributed by atoms with E-state index in [1.54, 1.807) is 11.3 Å². The second kappa shape index (κ2) is 6.27. The zero-order valence-corrected chi connectivity index (χ0v) is 11.7. The van der Waals surface area contributed by atoms with Gasteiger partial charge in [-0.15, -0.1) is 11.3 Å². The molecule has 18 heavy (non-hydrogen) atoms. The van der Waals surface area contributed by atoms with Gasteiger partial charge in [-0.3, -0.25) is 0 Å². The Balaban J connectivity index is 2.05. The Morgan fingerprint density at radius 3 is 2.83 bits per heavy atom. The van der Waals surface area contributed by atoms with Crippen LogP contribution in [0.3, 0.4) is 0 Å². The quantitative estimate of drug-likeness (QED) is 0.789. The zero-order chi connectivity index (χ0) is 13.0. The lowest BCUT2D eigenvalue weighted by Crippen LogP contribution is -2.32. The van der Waals surface area contributed by atoms with Gasteiger partial charge in [-0.1, -0.05) is 19.1 Å². The van der Waals surface area contributed by atoms with E-state index in [0.29, 0.717) is 12.0 Å². The first-order valence-corrected chi connectivity index (χ1v) is 7.23. The van der Waals surface area contributed by atoms with Crippen molar-refractivity contribution in [3.8, 4) is 0 Å². The molecule has 2 atom stereocenters. The Kier molecular flexibility index (Phi) is 4.69. The predicted octanol–water partition coefficient (Wildman–Crippen LogP) is 2.76. The molecule has 0 saturated heterocycles. The number of hydrogen-bond acceptors (Lipinski definition) is 4. The maximum atomic E-state index is 8.78. The number of fused-ring (bicyclic) bond motifs is 1. The van der Waals surface area contributed by atoms with Crippen LogP contribution in [0.15, 0.2) is 24.3 Å². The number of para-hydroxylation sites is 1. The molecule has 0 radical (unpaired) electrons. The van der Waals surface area contributed by atoms with E-state index in [1.165, 1.54) is 9.71 Å². The molecule has 4 heteroatoms. The third-order valence-electron chi connectivity index (χ3n) is 3.25. The van der Waals surface area contributed by atoms with Crippen molar-refractivity contribution in [2.24, 2.45) is 0 Å². The largest absolute Gasteiger partial charge is 0.396 e. The Morgan fingerprint density at radius 1 is 1.33 bits per heavy atom. The summed E-state index contributed by atoms with van der Waals surface area (Å²) in [5.41, 5.74) is 1.09. The molecule has 1 heterocycles. The highest BCUT2D eigenvalue weighted by Crippen LogP contribution is 2.28. The van der Waals surface area contributed by atoms with E-state index in [4.69, 9.17) is 10.1 Å². The summed E-state index contributed by atoms with van der Waals surface area (Å²) < 4.78 is 1.25. The molecule has 0 fully saturated rings. The van der Waals surface area contributed by atoms with Gasteiger partial charge in [0.1, 0.15) is 0 Å². The fourth-order valence-corrected chi connectivity index (χ4v) is 3.01. The minimum Gasteiger partial charge on any atom is -0.396 e. The predicted molar refractivity (Wildman–Crippen MR) is 77.2 cm³/mol. The Hall–Kier alpha value is -0.970. The van der Waals surface area contributed by atoms with Crippen molar-refractivity contribution in [1.29, 1.82) is 0 Å². The van der Waals surface area contributed by atoms with Crippen LogP contribution in [0, 0.1) is 0 Å². The van der Waals surface area contributed by atoms with E-state index in [-0.39, 0.29) is 6.61 Å². The van der Waals surface area contributed by atoms with Crippen LogP contribution in [-0.4, -0.2) is 29.3 Å². The van der Waals surface area contributed by atoms with Gasteiger partial charge in [0.2, 0.25) is 0 Å². The van der Waals surface area contributed by atoms with Gasteiger partial charge in [0, 0.05) is 18.6 Å². The first-order valence-electron chi connectivity index (χ1n) is 6.42. The van der Waals surface area contributed by atoms with Crippen molar-refractivity contribution in [1.82, 2.24) is 10.3 Å². The standard InChI is InChI=1S/C14H20N2OS/c1-10(11(2)15-8-5-9-17)14-16-12-6-3-4-7-13(12)18-14/h3-4,6-7,10-11,15,17H,5,8-9H2,1-2H3. The topological polar surface area (TPSA) is 45.1 Å². The first-order chi connectivity index (χ1) is 8.72. The third-order valence-corrected chi connectivity index (χ3v) is 4.49. The van der Waals surface area contributed by atoms with Gasteiger partial charge < -0.3 is 10.4 Å². The van der Waals surface area contributed by atoms with E-state index < -0.39 is 0 Å². The highest BCUT2D eigenvalue weighted by Gasteiger charge is 2.17. The Morgan fingerprint density at radius 2 is 2.11 bits per heavy atom. The van der Waals surface area contributed by atoms with Crippen LogP contribution in [0.5, 0.6) is 0 Å². The van der Waals surface area contributed by atoms with Crippen LogP contribution < -0.4 is 5.32 Å². The molecule has 0 amide bonds. The Labute approximate surface area is 112 Å². The number of benzene rings is 1. The average molecular weight is 264 g/mol. The second-order valence-electron chi connectivity index (χ2n) is 4.63. The summed E-state index contributed by atoms with van der Waals surface area (Å²) in [6.07, 6.45) is 0.802. The second-order valence-corrected chi connectivity index (χ2v) is 5.69. The number of nitrogens with zero attached hydrogens (tertiary/aromatic N) is 1. The molecule has 2 N–H and O–H groups in total. The van der Waals surface area contributed by atoms with Crippen molar-refractivity contribution >= 4 is 21.6 Å². The highest BCUT2D eigenvalue weighted by molar-refractivity contribution is 7.18. The lowest BCUT2D eigenvalue weighted by atomic mass is 10.0. The average Bonchev–Trinajstić information content (AvgIpc) is 2.81. The zero-order valence-electron chi connectivity index (χ0n) is 10.9. The van der Waals surface area contributed by atoms with Gasteiger partial charge in [0.15, 0.2) is 0 Å². The minimum atomic E-state index is 0.245. The molecule has 0 aliphatic rings. The maximum absolute atomic E-state index is 8.78. The molecule has 1 aromatic carbocycles. The fraction of sp³-hybridized carbons (Fsp3) is 0.500. The highest BCUT2D eigenvalue weighted by atomic mass is 32.1. The van der Waals surface area contributed by atoms with E-state index in [9.17, 15) is 0 Å². The van der Waals surface area contributed by atoms with Gasteiger partial charge >= 0.3 is 0 Å². The molecule has 0 aliphatic heterocycles. The molecule has 0 aliphatic carbocycles. The lowest BCUT2D eigenvalue weighted by Gasteiger charge is -2.19. The molecule has 0 saturated carbocycles. The summed E-state index contributed by atoms with van der Waals surface area (Å²) in [7, 11) is 0. The third kappa shape index (κ3) is 3.07. The number of hydrogen-bond donors (Lipinski definition) is 2. The van der Waals surface area contributed by atoms with Crippen LogP contribution in [0.1, 0.15) is 31.2 Å². The lowest BCUT2D eigenvalue weighted by molar-refractivity contribution is 0.282. The first kappa shape index (κ1) is 13.5. The number of nitrogens with one attached hydrogen (secondary N) is 1. The smallest absolute Gasteiger partial charge is 0.0982 e. The molecule has 2 aromatic rings. The van der Waals surface area contributed by atoms with Crippen molar-refractivity contribution < 1.29 is 5.11 Å². The van der Waals surface area contributed by atoms with Crippen LogP contribution in [-0.2, 0) is 0 Å². The van der Waals surface area contributed by atoms with E-state index in [1.807, 2.05) is 6.07 Å². The van der Waals surface area contributed by atoms with Crippen molar-refractivity contribution in [2.75, 3.05) is 13.2 Å². The van der Waals surface area contributed by atoms with Crippen molar-refractivity contribution in [3.05, 3.63) is 29.3 Å². The van der Waals surface area contributed by atoms with Crippen molar-refractivity contribution in [3.63, 3.8) is 0 Å². The number of rotatable bonds is 6. The Bertz CT molecular complexity index is 464. The molecule has 0 spiro atoms. The van der Waals surface area contributed by atoms with Gasteiger partial charge in [-0.05, 0) is 32.0 Å². The molecule has 0 bridgehead atoms. The van der Waals surface area contributed by atoms with E-state index >= 15 is 0 Å².